The third-order valence-corrected chi connectivity index (χ3v) is 2.77. The van der Waals surface area contributed by atoms with Crippen molar-refractivity contribution < 1.29 is 18.0 Å². The maximum Gasteiger partial charge on any atom is 0.416 e. The van der Waals surface area contributed by atoms with Crippen molar-refractivity contribution in [2.45, 2.75) is 6.18 Å². The Morgan fingerprint density at radius 3 is 2.25 bits per heavy atom. The fraction of sp³-hybridized carbons (Fsp3) is 0.0625. The summed E-state index contributed by atoms with van der Waals surface area (Å²) in [6.45, 7) is 0. The molecule has 0 aliphatic carbocycles. The van der Waals surface area contributed by atoms with E-state index in [9.17, 15) is 18.0 Å². The SMILES string of the molecule is O=Cc1cccc(/C=C/c2ccccc2C(F)(F)F)c1. The summed E-state index contributed by atoms with van der Waals surface area (Å²) in [4.78, 5) is 10.6. The van der Waals surface area contributed by atoms with Crippen molar-refractivity contribution in [2.75, 3.05) is 0 Å². The van der Waals surface area contributed by atoms with Crippen molar-refractivity contribution in [2.24, 2.45) is 0 Å². The van der Waals surface area contributed by atoms with Crippen molar-refractivity contribution in [3.63, 3.8) is 0 Å². The number of alkyl halides is 3. The monoisotopic (exact) mass is 276 g/mol. The average Bonchev–Trinajstić information content (AvgIpc) is 2.44. The number of hydrogen-bond acceptors (Lipinski definition) is 1. The molecule has 0 unspecified atom stereocenters. The van der Waals surface area contributed by atoms with Crippen LogP contribution in [0.1, 0.15) is 27.0 Å². The molecule has 0 aromatic heterocycles. The van der Waals surface area contributed by atoms with Crippen LogP contribution in [-0.4, -0.2) is 6.29 Å². The molecule has 2 aromatic rings. The van der Waals surface area contributed by atoms with Crippen LogP contribution >= 0.6 is 0 Å². The van der Waals surface area contributed by atoms with E-state index in [1.807, 2.05) is 0 Å². The van der Waals surface area contributed by atoms with Crippen molar-refractivity contribution >= 4 is 18.4 Å². The fourth-order valence-corrected chi connectivity index (χ4v) is 1.82. The van der Waals surface area contributed by atoms with Gasteiger partial charge in [0.05, 0.1) is 5.56 Å². The largest absolute Gasteiger partial charge is 0.416 e. The molecule has 0 aliphatic heterocycles. The van der Waals surface area contributed by atoms with E-state index >= 15 is 0 Å². The van der Waals surface area contributed by atoms with Gasteiger partial charge in [-0.3, -0.25) is 4.79 Å². The quantitative estimate of drug-likeness (QED) is 0.587. The molecule has 102 valence electrons. The summed E-state index contributed by atoms with van der Waals surface area (Å²) in [5.41, 5.74) is 0.571. The minimum Gasteiger partial charge on any atom is -0.298 e. The molecule has 0 heterocycles. The van der Waals surface area contributed by atoms with E-state index in [0.717, 1.165) is 6.07 Å². The van der Waals surface area contributed by atoms with Crippen molar-refractivity contribution in [1.82, 2.24) is 0 Å². The Morgan fingerprint density at radius 2 is 1.55 bits per heavy atom. The molecule has 2 rings (SSSR count). The van der Waals surface area contributed by atoms with Crippen LogP contribution in [0.15, 0.2) is 48.5 Å². The Bertz CT molecular complexity index is 642. The van der Waals surface area contributed by atoms with Gasteiger partial charge >= 0.3 is 6.18 Å². The first-order chi connectivity index (χ1) is 9.50. The van der Waals surface area contributed by atoms with E-state index in [-0.39, 0.29) is 5.56 Å². The summed E-state index contributed by atoms with van der Waals surface area (Å²) in [7, 11) is 0. The van der Waals surface area contributed by atoms with E-state index < -0.39 is 11.7 Å². The maximum absolute atomic E-state index is 12.8. The first-order valence-electron chi connectivity index (χ1n) is 5.90. The van der Waals surface area contributed by atoms with Gasteiger partial charge in [-0.05, 0) is 23.3 Å². The van der Waals surface area contributed by atoms with Crippen LogP contribution in [0.25, 0.3) is 12.2 Å². The molecule has 4 heteroatoms. The van der Waals surface area contributed by atoms with Crippen LogP contribution < -0.4 is 0 Å². The van der Waals surface area contributed by atoms with Gasteiger partial charge in [0.25, 0.3) is 0 Å². The lowest BCUT2D eigenvalue weighted by Gasteiger charge is -2.09. The number of aldehydes is 1. The van der Waals surface area contributed by atoms with Crippen LogP contribution in [0, 0.1) is 0 Å². The first-order valence-corrected chi connectivity index (χ1v) is 5.90. The highest BCUT2D eigenvalue weighted by Crippen LogP contribution is 2.32. The Labute approximate surface area is 114 Å². The third kappa shape index (κ3) is 3.35. The summed E-state index contributed by atoms with van der Waals surface area (Å²) in [6.07, 6.45) is -0.739. The van der Waals surface area contributed by atoms with Gasteiger partial charge in [0.15, 0.2) is 0 Å². The smallest absolute Gasteiger partial charge is 0.298 e. The van der Waals surface area contributed by atoms with Crippen LogP contribution in [-0.2, 0) is 6.18 Å². The predicted molar refractivity (Wildman–Crippen MR) is 72.2 cm³/mol. The molecule has 0 spiro atoms. The summed E-state index contributed by atoms with van der Waals surface area (Å²) >= 11 is 0. The van der Waals surface area contributed by atoms with Gasteiger partial charge in [0.1, 0.15) is 6.29 Å². The molecule has 0 bridgehead atoms. The lowest BCUT2D eigenvalue weighted by Crippen LogP contribution is -2.06. The first kappa shape index (κ1) is 14.1. The highest BCUT2D eigenvalue weighted by molar-refractivity contribution is 5.78. The molecule has 0 amide bonds. The topological polar surface area (TPSA) is 17.1 Å². The minimum atomic E-state index is -4.38. The Balaban J connectivity index is 2.34. The van der Waals surface area contributed by atoms with Crippen LogP contribution in [0.2, 0.25) is 0 Å². The summed E-state index contributed by atoms with van der Waals surface area (Å²) in [6, 6.07) is 12.0. The molecule has 2 aromatic carbocycles. The second-order valence-electron chi connectivity index (χ2n) is 4.21. The molecule has 0 saturated carbocycles. The number of halogens is 3. The molecule has 1 nitrogen and oxygen atoms in total. The van der Waals surface area contributed by atoms with Gasteiger partial charge in [-0.2, -0.15) is 13.2 Å². The Hall–Kier alpha value is -2.36. The minimum absolute atomic E-state index is 0.0940. The van der Waals surface area contributed by atoms with Crippen molar-refractivity contribution in [3.05, 3.63) is 70.8 Å². The third-order valence-electron chi connectivity index (χ3n) is 2.77. The number of hydrogen-bond donors (Lipinski definition) is 0. The average molecular weight is 276 g/mol. The van der Waals surface area contributed by atoms with Gasteiger partial charge in [0, 0.05) is 5.56 Å². The standard InChI is InChI=1S/C16H11F3O/c17-16(18,19)15-7-2-1-6-14(15)9-8-12-4-3-5-13(10-12)11-20/h1-11H/b9-8+. The molecular weight excluding hydrogens is 265 g/mol. The Morgan fingerprint density at radius 1 is 0.850 bits per heavy atom. The van der Waals surface area contributed by atoms with Gasteiger partial charge in [-0.15, -0.1) is 0 Å². The zero-order valence-corrected chi connectivity index (χ0v) is 10.4. The van der Waals surface area contributed by atoms with Crippen LogP contribution in [0.5, 0.6) is 0 Å². The van der Waals surface area contributed by atoms with E-state index in [1.165, 1.54) is 18.2 Å². The second kappa shape index (κ2) is 5.74. The normalized spacial score (nSPS) is 11.8. The zero-order chi connectivity index (χ0) is 14.6. The maximum atomic E-state index is 12.8. The number of carbonyl (C=O) groups is 1. The predicted octanol–water partition coefficient (Wildman–Crippen LogP) is 4.69. The molecular formula is C16H11F3O. The van der Waals surface area contributed by atoms with E-state index in [1.54, 1.807) is 36.4 Å². The molecule has 0 radical (unpaired) electrons. The molecule has 0 aliphatic rings. The van der Waals surface area contributed by atoms with E-state index in [2.05, 4.69) is 0 Å². The lowest BCUT2D eigenvalue weighted by atomic mass is 10.0. The fourth-order valence-electron chi connectivity index (χ4n) is 1.82. The van der Waals surface area contributed by atoms with Gasteiger partial charge in [0.2, 0.25) is 0 Å². The molecule has 0 fully saturated rings. The molecule has 0 atom stereocenters. The number of benzene rings is 2. The van der Waals surface area contributed by atoms with Gasteiger partial charge in [-0.1, -0.05) is 48.6 Å². The Kier molecular flexibility index (Phi) is 4.03. The number of rotatable bonds is 3. The number of carbonyl (C=O) groups excluding carboxylic acids is 1. The summed E-state index contributed by atoms with van der Waals surface area (Å²) in [5, 5.41) is 0. The highest BCUT2D eigenvalue weighted by Gasteiger charge is 2.32. The highest BCUT2D eigenvalue weighted by atomic mass is 19.4. The molecule has 20 heavy (non-hydrogen) atoms. The summed E-state index contributed by atoms with van der Waals surface area (Å²) < 4.78 is 38.4. The summed E-state index contributed by atoms with van der Waals surface area (Å²) in [5.74, 6) is 0. The second-order valence-corrected chi connectivity index (χ2v) is 4.21. The van der Waals surface area contributed by atoms with Gasteiger partial charge in [-0.25, -0.2) is 0 Å². The van der Waals surface area contributed by atoms with E-state index in [0.29, 0.717) is 17.4 Å². The van der Waals surface area contributed by atoms with Crippen molar-refractivity contribution in [1.29, 1.82) is 0 Å². The van der Waals surface area contributed by atoms with Gasteiger partial charge < -0.3 is 0 Å². The zero-order valence-electron chi connectivity index (χ0n) is 10.4. The van der Waals surface area contributed by atoms with Crippen LogP contribution in [0.4, 0.5) is 13.2 Å². The molecule has 0 saturated heterocycles. The van der Waals surface area contributed by atoms with Crippen molar-refractivity contribution in [3.8, 4) is 0 Å². The molecule has 0 N–H and O–H groups in total. The van der Waals surface area contributed by atoms with Crippen LogP contribution in [0.3, 0.4) is 0 Å². The lowest BCUT2D eigenvalue weighted by molar-refractivity contribution is -0.137. The van der Waals surface area contributed by atoms with E-state index in [4.69, 9.17) is 0 Å².